The zero-order valence-corrected chi connectivity index (χ0v) is 13.9. The molecule has 24 heavy (non-hydrogen) atoms. The van der Waals surface area contributed by atoms with Crippen molar-refractivity contribution in [3.63, 3.8) is 0 Å². The molecule has 1 unspecified atom stereocenters. The quantitative estimate of drug-likeness (QED) is 0.277. The summed E-state index contributed by atoms with van der Waals surface area (Å²) in [5.41, 5.74) is -3.37. The molecule has 0 heterocycles. The molecular weight excluding hydrogens is 320 g/mol. The number of carboxylic acid groups (broad SMARTS) is 4. The van der Waals surface area contributed by atoms with Gasteiger partial charge in [-0.15, -0.1) is 0 Å². The fraction of sp³-hybridized carbons (Fsp3) is 0.750. The van der Waals surface area contributed by atoms with Gasteiger partial charge in [-0.25, -0.2) is 0 Å². The number of hydrogen-bond acceptors (Lipinski definition) is 4. The van der Waals surface area contributed by atoms with Gasteiger partial charge in [-0.3, -0.25) is 19.2 Å². The van der Waals surface area contributed by atoms with Crippen molar-refractivity contribution >= 4 is 23.9 Å². The van der Waals surface area contributed by atoms with E-state index < -0.39 is 35.2 Å². The van der Waals surface area contributed by atoms with Gasteiger partial charge in [-0.2, -0.15) is 0 Å². The van der Waals surface area contributed by atoms with Gasteiger partial charge in [0.15, 0.2) is 0 Å². The molecule has 1 atom stereocenters. The van der Waals surface area contributed by atoms with E-state index in [2.05, 4.69) is 6.92 Å². The first-order valence-electron chi connectivity index (χ1n) is 8.15. The Morgan fingerprint density at radius 3 is 1.42 bits per heavy atom. The maximum Gasteiger partial charge on any atom is 0.333 e. The number of unbranched alkanes of at least 4 members (excludes halogenated alkanes) is 7. The van der Waals surface area contributed by atoms with Crippen molar-refractivity contribution < 1.29 is 39.6 Å². The van der Waals surface area contributed by atoms with Crippen LogP contribution in [-0.4, -0.2) is 44.3 Å². The molecule has 0 saturated carbocycles. The summed E-state index contributed by atoms with van der Waals surface area (Å²) in [5.74, 6) is -10.3. The van der Waals surface area contributed by atoms with Crippen LogP contribution >= 0.6 is 0 Å². The molecule has 8 heteroatoms. The number of carboxylic acids is 4. The maximum absolute atomic E-state index is 11.3. The third-order valence-corrected chi connectivity index (χ3v) is 4.18. The zero-order chi connectivity index (χ0) is 18.8. The van der Waals surface area contributed by atoms with E-state index in [-0.39, 0.29) is 12.8 Å². The van der Waals surface area contributed by atoms with Gasteiger partial charge in [0.1, 0.15) is 0 Å². The van der Waals surface area contributed by atoms with Crippen LogP contribution in [0.5, 0.6) is 0 Å². The molecule has 0 saturated heterocycles. The average Bonchev–Trinajstić information content (AvgIpc) is 2.47. The van der Waals surface area contributed by atoms with Gasteiger partial charge in [0.2, 0.25) is 0 Å². The smallest absolute Gasteiger partial charge is 0.333 e. The molecule has 0 rings (SSSR count). The Hall–Kier alpha value is -2.12. The Kier molecular flexibility index (Phi) is 9.68. The number of rotatable bonds is 14. The minimum absolute atomic E-state index is 0.264. The molecule has 0 aliphatic carbocycles. The summed E-state index contributed by atoms with van der Waals surface area (Å²) in [4.78, 5) is 45.1. The highest BCUT2D eigenvalue weighted by Crippen LogP contribution is 2.34. The summed E-state index contributed by atoms with van der Waals surface area (Å²) < 4.78 is 0. The molecule has 4 N–H and O–H groups in total. The molecular formula is C16H26O8. The van der Waals surface area contributed by atoms with Crippen molar-refractivity contribution in [2.24, 2.45) is 11.3 Å². The van der Waals surface area contributed by atoms with Crippen molar-refractivity contribution in [2.45, 2.75) is 64.7 Å². The molecule has 0 bridgehead atoms. The van der Waals surface area contributed by atoms with Crippen LogP contribution in [0, 0.1) is 11.3 Å². The Bertz CT molecular complexity index is 421. The summed E-state index contributed by atoms with van der Waals surface area (Å²) in [7, 11) is 0. The summed E-state index contributed by atoms with van der Waals surface area (Å²) in [5, 5.41) is 36.4. The lowest BCUT2D eigenvalue weighted by atomic mass is 9.72. The van der Waals surface area contributed by atoms with Gasteiger partial charge in [0.05, 0.1) is 5.92 Å². The van der Waals surface area contributed by atoms with E-state index in [1.165, 1.54) is 0 Å². The Labute approximate surface area is 140 Å². The normalized spacial score (nSPS) is 12.5. The topological polar surface area (TPSA) is 149 Å². The van der Waals surface area contributed by atoms with Crippen molar-refractivity contribution in [3.8, 4) is 0 Å². The first-order valence-corrected chi connectivity index (χ1v) is 8.15. The van der Waals surface area contributed by atoms with Crippen LogP contribution in [0.4, 0.5) is 0 Å². The second-order valence-electron chi connectivity index (χ2n) is 5.88. The first-order chi connectivity index (χ1) is 11.2. The summed E-state index contributed by atoms with van der Waals surface area (Å²) in [6.45, 7) is 2.10. The van der Waals surface area contributed by atoms with E-state index in [4.69, 9.17) is 20.4 Å². The van der Waals surface area contributed by atoms with E-state index in [1.807, 2.05) is 0 Å². The van der Waals surface area contributed by atoms with Crippen molar-refractivity contribution in [1.82, 2.24) is 0 Å². The third kappa shape index (κ3) is 5.50. The first kappa shape index (κ1) is 21.9. The largest absolute Gasteiger partial charge is 0.481 e. The molecule has 0 spiro atoms. The predicted molar refractivity (Wildman–Crippen MR) is 83.7 cm³/mol. The highest BCUT2D eigenvalue weighted by atomic mass is 16.4. The van der Waals surface area contributed by atoms with Gasteiger partial charge in [0.25, 0.3) is 5.41 Å². The van der Waals surface area contributed by atoms with E-state index in [0.29, 0.717) is 6.42 Å². The average molecular weight is 346 g/mol. The molecule has 138 valence electrons. The van der Waals surface area contributed by atoms with Crippen LogP contribution in [0.2, 0.25) is 0 Å². The fourth-order valence-corrected chi connectivity index (χ4v) is 2.73. The summed E-state index contributed by atoms with van der Waals surface area (Å²) in [6, 6.07) is 0. The van der Waals surface area contributed by atoms with E-state index in [9.17, 15) is 19.2 Å². The molecule has 0 aliphatic heterocycles. The van der Waals surface area contributed by atoms with Gasteiger partial charge in [-0.1, -0.05) is 58.3 Å². The second kappa shape index (κ2) is 10.6. The van der Waals surface area contributed by atoms with E-state index in [0.717, 1.165) is 38.5 Å². The van der Waals surface area contributed by atoms with E-state index in [1.54, 1.807) is 0 Å². The SMILES string of the molecule is CCCCCCCCCCC(C(=O)O)C(C(=O)O)(C(=O)O)C(=O)O. The molecule has 8 nitrogen and oxygen atoms in total. The van der Waals surface area contributed by atoms with Gasteiger partial charge < -0.3 is 20.4 Å². The van der Waals surface area contributed by atoms with Crippen LogP contribution in [0.15, 0.2) is 0 Å². The van der Waals surface area contributed by atoms with Gasteiger partial charge in [-0.05, 0) is 6.42 Å². The number of carbonyl (C=O) groups is 4. The highest BCUT2D eigenvalue weighted by Gasteiger charge is 2.62. The van der Waals surface area contributed by atoms with Gasteiger partial charge in [0, 0.05) is 0 Å². The van der Waals surface area contributed by atoms with Crippen LogP contribution in [0.3, 0.4) is 0 Å². The Balaban J connectivity index is 4.79. The molecule has 0 fully saturated rings. The molecule has 0 aliphatic rings. The molecule has 0 amide bonds. The van der Waals surface area contributed by atoms with Crippen molar-refractivity contribution in [3.05, 3.63) is 0 Å². The Morgan fingerprint density at radius 2 is 1.08 bits per heavy atom. The lowest BCUT2D eigenvalue weighted by Crippen LogP contribution is -2.54. The van der Waals surface area contributed by atoms with Crippen LogP contribution < -0.4 is 0 Å². The van der Waals surface area contributed by atoms with Crippen LogP contribution in [0.1, 0.15) is 64.7 Å². The third-order valence-electron chi connectivity index (χ3n) is 4.18. The molecule has 0 aromatic rings. The van der Waals surface area contributed by atoms with Gasteiger partial charge >= 0.3 is 23.9 Å². The Morgan fingerprint density at radius 1 is 0.708 bits per heavy atom. The molecule has 0 radical (unpaired) electrons. The lowest BCUT2D eigenvalue weighted by Gasteiger charge is -2.26. The fourth-order valence-electron chi connectivity index (χ4n) is 2.73. The minimum atomic E-state index is -3.37. The summed E-state index contributed by atoms with van der Waals surface area (Å²) >= 11 is 0. The van der Waals surface area contributed by atoms with Crippen LogP contribution in [0.25, 0.3) is 0 Å². The van der Waals surface area contributed by atoms with Crippen molar-refractivity contribution in [2.75, 3.05) is 0 Å². The maximum atomic E-state index is 11.3. The lowest BCUT2D eigenvalue weighted by molar-refractivity contribution is -0.186. The number of aliphatic carboxylic acids is 4. The predicted octanol–water partition coefficient (Wildman–Crippen LogP) is 2.46. The molecule has 0 aromatic heterocycles. The highest BCUT2D eigenvalue weighted by molar-refractivity contribution is 6.18. The zero-order valence-electron chi connectivity index (χ0n) is 13.9. The van der Waals surface area contributed by atoms with E-state index >= 15 is 0 Å². The molecule has 0 aromatic carbocycles. The van der Waals surface area contributed by atoms with Crippen LogP contribution in [-0.2, 0) is 19.2 Å². The van der Waals surface area contributed by atoms with Crippen molar-refractivity contribution in [1.29, 1.82) is 0 Å². The standard InChI is InChI=1S/C16H26O8/c1-2-3-4-5-6-7-8-9-10-11(12(17)18)16(13(19)20,14(21)22)15(23)24/h11H,2-10H2,1H3,(H,17,18)(H,19,20)(H,21,22)(H,23,24). The minimum Gasteiger partial charge on any atom is -0.481 e. The monoisotopic (exact) mass is 346 g/mol. The summed E-state index contributed by atoms with van der Waals surface area (Å²) in [6.07, 6.45) is 6.78. The number of hydrogen-bond donors (Lipinski definition) is 4. The second-order valence-corrected chi connectivity index (χ2v) is 5.88.